The number of halogens is 2. The van der Waals surface area contributed by atoms with Crippen LogP contribution in [0.25, 0.3) is 0 Å². The smallest absolute Gasteiger partial charge is 0.228 e. The molecule has 0 spiro atoms. The van der Waals surface area contributed by atoms with Gasteiger partial charge in [-0.05, 0) is 54.2 Å². The molecule has 0 heterocycles. The molecule has 1 saturated carbocycles. The fraction of sp³-hybridized carbons (Fsp3) is 0.350. The second kappa shape index (κ2) is 7.58. The molecule has 1 N–H and O–H groups in total. The van der Waals surface area contributed by atoms with Crippen molar-refractivity contribution in [3.05, 3.63) is 64.1 Å². The van der Waals surface area contributed by atoms with Gasteiger partial charge in [0.2, 0.25) is 5.91 Å². The summed E-state index contributed by atoms with van der Waals surface area (Å²) in [6, 6.07) is 15.2. The Kier molecular flexibility index (Phi) is 5.47. The van der Waals surface area contributed by atoms with Crippen molar-refractivity contribution < 1.29 is 4.79 Å². The van der Waals surface area contributed by atoms with Gasteiger partial charge in [-0.3, -0.25) is 4.79 Å². The first kappa shape index (κ1) is 17.3. The predicted molar refractivity (Wildman–Crippen MR) is 101 cm³/mol. The molecule has 0 bridgehead atoms. The molecule has 126 valence electrons. The molecule has 2 aromatic carbocycles. The van der Waals surface area contributed by atoms with Crippen LogP contribution in [-0.2, 0) is 4.79 Å². The Morgan fingerprint density at radius 1 is 1.08 bits per heavy atom. The van der Waals surface area contributed by atoms with E-state index in [-0.39, 0.29) is 17.7 Å². The number of rotatable bonds is 6. The number of amides is 1. The van der Waals surface area contributed by atoms with Crippen LogP contribution < -0.4 is 5.32 Å². The third-order valence-electron chi connectivity index (χ3n) is 4.69. The number of anilines is 1. The molecule has 1 aliphatic carbocycles. The van der Waals surface area contributed by atoms with E-state index >= 15 is 0 Å². The molecule has 0 saturated heterocycles. The van der Waals surface area contributed by atoms with Gasteiger partial charge in [-0.1, -0.05) is 61.2 Å². The highest BCUT2D eigenvalue weighted by atomic mass is 35.5. The molecule has 2 nitrogen and oxygen atoms in total. The molecule has 3 atom stereocenters. The molecule has 1 fully saturated rings. The Hall–Kier alpha value is -1.51. The maximum Gasteiger partial charge on any atom is 0.228 e. The van der Waals surface area contributed by atoms with Crippen molar-refractivity contribution in [3.63, 3.8) is 0 Å². The Morgan fingerprint density at radius 3 is 2.46 bits per heavy atom. The molecule has 3 rings (SSSR count). The van der Waals surface area contributed by atoms with E-state index in [0.717, 1.165) is 35.5 Å². The summed E-state index contributed by atoms with van der Waals surface area (Å²) in [6.45, 7) is 2.18. The van der Waals surface area contributed by atoms with Crippen LogP contribution in [-0.4, -0.2) is 5.91 Å². The normalized spacial score (nSPS) is 22.2. The molecule has 3 unspecified atom stereocenters. The monoisotopic (exact) mass is 361 g/mol. The van der Waals surface area contributed by atoms with E-state index in [2.05, 4.69) is 18.3 Å². The van der Waals surface area contributed by atoms with Crippen LogP contribution in [0.4, 0.5) is 5.69 Å². The lowest BCUT2D eigenvalue weighted by Gasteiger charge is -2.05. The quantitative estimate of drug-likeness (QED) is 0.656. The van der Waals surface area contributed by atoms with Crippen molar-refractivity contribution in [2.45, 2.75) is 32.1 Å². The van der Waals surface area contributed by atoms with Crippen molar-refractivity contribution in [3.8, 4) is 0 Å². The largest absolute Gasteiger partial charge is 0.326 e. The third kappa shape index (κ3) is 3.93. The summed E-state index contributed by atoms with van der Waals surface area (Å²) in [5.74, 6) is 0.731. The first-order chi connectivity index (χ1) is 11.6. The second-order valence-corrected chi connectivity index (χ2v) is 7.29. The van der Waals surface area contributed by atoms with Gasteiger partial charge in [-0.15, -0.1) is 0 Å². The standard InChI is InChI=1S/C20H21Cl2NO/c1-2-3-10-17-18(13-6-4-7-14(21)11-13)19(17)20(24)23-16-9-5-8-15(22)12-16/h4-9,11-12,17-19H,2-3,10H2,1H3,(H,23,24). The fourth-order valence-corrected chi connectivity index (χ4v) is 3.88. The summed E-state index contributed by atoms with van der Waals surface area (Å²) < 4.78 is 0. The van der Waals surface area contributed by atoms with Gasteiger partial charge < -0.3 is 5.32 Å². The molecule has 0 aliphatic heterocycles. The molecular weight excluding hydrogens is 341 g/mol. The van der Waals surface area contributed by atoms with E-state index in [0.29, 0.717) is 10.9 Å². The zero-order chi connectivity index (χ0) is 17.1. The van der Waals surface area contributed by atoms with Crippen molar-refractivity contribution >= 4 is 34.8 Å². The molecule has 0 aromatic heterocycles. The zero-order valence-electron chi connectivity index (χ0n) is 13.6. The lowest BCUT2D eigenvalue weighted by molar-refractivity contribution is -0.117. The van der Waals surface area contributed by atoms with Crippen LogP contribution in [0.5, 0.6) is 0 Å². The average Bonchev–Trinajstić information content (AvgIpc) is 3.27. The minimum Gasteiger partial charge on any atom is -0.326 e. The van der Waals surface area contributed by atoms with Crippen molar-refractivity contribution in [1.82, 2.24) is 0 Å². The summed E-state index contributed by atoms with van der Waals surface area (Å²) >= 11 is 12.1. The van der Waals surface area contributed by atoms with E-state index in [9.17, 15) is 4.79 Å². The van der Waals surface area contributed by atoms with Gasteiger partial charge in [-0.25, -0.2) is 0 Å². The first-order valence-electron chi connectivity index (χ1n) is 8.42. The zero-order valence-corrected chi connectivity index (χ0v) is 15.1. The molecule has 24 heavy (non-hydrogen) atoms. The molecule has 1 amide bonds. The highest BCUT2D eigenvalue weighted by Gasteiger charge is 2.54. The van der Waals surface area contributed by atoms with Gasteiger partial charge in [0.25, 0.3) is 0 Å². The number of unbranched alkanes of at least 4 members (excludes halogenated alkanes) is 1. The highest BCUT2D eigenvalue weighted by molar-refractivity contribution is 6.31. The van der Waals surface area contributed by atoms with Crippen molar-refractivity contribution in [1.29, 1.82) is 0 Å². The number of hydrogen-bond acceptors (Lipinski definition) is 1. The maximum atomic E-state index is 12.7. The Morgan fingerprint density at radius 2 is 1.79 bits per heavy atom. The predicted octanol–water partition coefficient (Wildman–Crippen LogP) is 6.15. The number of hydrogen-bond donors (Lipinski definition) is 1. The Balaban J connectivity index is 1.75. The second-order valence-electron chi connectivity index (χ2n) is 6.41. The van der Waals surface area contributed by atoms with Crippen LogP contribution in [0.15, 0.2) is 48.5 Å². The maximum absolute atomic E-state index is 12.7. The van der Waals surface area contributed by atoms with Crippen LogP contribution in [0.1, 0.15) is 37.7 Å². The summed E-state index contributed by atoms with van der Waals surface area (Å²) in [6.07, 6.45) is 3.35. The van der Waals surface area contributed by atoms with Crippen molar-refractivity contribution in [2.75, 3.05) is 5.32 Å². The van der Waals surface area contributed by atoms with Crippen LogP contribution in [0.2, 0.25) is 10.0 Å². The Bertz CT molecular complexity index is 731. The lowest BCUT2D eigenvalue weighted by atomic mass is 10.1. The van der Waals surface area contributed by atoms with Crippen LogP contribution >= 0.6 is 23.2 Å². The minimum atomic E-state index is 0.00833. The summed E-state index contributed by atoms with van der Waals surface area (Å²) in [4.78, 5) is 12.7. The molecule has 1 aliphatic rings. The van der Waals surface area contributed by atoms with E-state index in [1.165, 1.54) is 0 Å². The van der Waals surface area contributed by atoms with Gasteiger partial charge in [0.05, 0.1) is 0 Å². The van der Waals surface area contributed by atoms with Crippen molar-refractivity contribution in [2.24, 2.45) is 11.8 Å². The van der Waals surface area contributed by atoms with Gasteiger partial charge >= 0.3 is 0 Å². The van der Waals surface area contributed by atoms with E-state index in [1.807, 2.05) is 30.3 Å². The Labute approximate surface area is 153 Å². The first-order valence-corrected chi connectivity index (χ1v) is 9.17. The third-order valence-corrected chi connectivity index (χ3v) is 5.16. The fourth-order valence-electron chi connectivity index (χ4n) is 3.49. The summed E-state index contributed by atoms with van der Waals surface area (Å²) in [5.41, 5.74) is 1.91. The SMILES string of the molecule is CCCCC1C(C(=O)Nc2cccc(Cl)c2)C1c1cccc(Cl)c1. The number of nitrogens with one attached hydrogen (secondary N) is 1. The highest BCUT2D eigenvalue weighted by Crippen LogP contribution is 2.57. The number of benzene rings is 2. The van der Waals surface area contributed by atoms with Gasteiger partial charge in [0.1, 0.15) is 0 Å². The molecule has 2 aromatic rings. The van der Waals surface area contributed by atoms with E-state index < -0.39 is 0 Å². The van der Waals surface area contributed by atoms with Crippen LogP contribution in [0.3, 0.4) is 0 Å². The van der Waals surface area contributed by atoms with Gasteiger partial charge in [0.15, 0.2) is 0 Å². The lowest BCUT2D eigenvalue weighted by Crippen LogP contribution is -2.15. The number of carbonyl (C=O) groups is 1. The summed E-state index contributed by atoms with van der Waals surface area (Å²) in [5, 5.41) is 4.36. The average molecular weight is 362 g/mol. The molecular formula is C20H21Cl2NO. The van der Waals surface area contributed by atoms with Gasteiger partial charge in [0, 0.05) is 21.7 Å². The van der Waals surface area contributed by atoms with Crippen LogP contribution in [0, 0.1) is 11.8 Å². The topological polar surface area (TPSA) is 29.1 Å². The molecule has 0 radical (unpaired) electrons. The van der Waals surface area contributed by atoms with Gasteiger partial charge in [-0.2, -0.15) is 0 Å². The van der Waals surface area contributed by atoms with E-state index in [4.69, 9.17) is 23.2 Å². The van der Waals surface area contributed by atoms with E-state index in [1.54, 1.807) is 12.1 Å². The minimum absolute atomic E-state index is 0.00833. The molecule has 4 heteroatoms. The summed E-state index contributed by atoms with van der Waals surface area (Å²) in [7, 11) is 0. The number of carbonyl (C=O) groups excluding carboxylic acids is 1.